The molecular formula is C23H27FN3O9P. The van der Waals surface area contributed by atoms with Crippen LogP contribution in [0, 0.1) is 5.92 Å². The average Bonchev–Trinajstić information content (AvgIpc) is 3.64. The zero-order valence-corrected chi connectivity index (χ0v) is 21.0. The Balaban J connectivity index is 1.40. The summed E-state index contributed by atoms with van der Waals surface area (Å²) in [5, 5.41) is 10.5. The number of aliphatic hydroxyl groups is 1. The van der Waals surface area contributed by atoms with Crippen molar-refractivity contribution in [2.24, 2.45) is 10.7 Å². The molecule has 2 heterocycles. The number of aromatic amines is 1. The molecule has 0 radical (unpaired) electrons. The first-order valence-corrected chi connectivity index (χ1v) is 12.8. The van der Waals surface area contributed by atoms with Crippen LogP contribution in [-0.4, -0.2) is 57.8 Å². The highest BCUT2D eigenvalue weighted by Crippen LogP contribution is 2.41. The van der Waals surface area contributed by atoms with E-state index in [0.717, 1.165) is 36.6 Å². The number of aliphatic hydroxyl groups excluding tert-OH is 1. The number of nitrogens with zero attached hydrogens (tertiary/aromatic N) is 2. The summed E-state index contributed by atoms with van der Waals surface area (Å²) in [6.07, 6.45) is -1.29. The summed E-state index contributed by atoms with van der Waals surface area (Å²) >= 11 is 0. The number of carbonyl (C=O) groups excluding carboxylic acids is 1. The van der Waals surface area contributed by atoms with Gasteiger partial charge in [0.2, 0.25) is 5.75 Å². The number of benzene rings is 1. The Labute approximate surface area is 211 Å². The molecule has 12 nitrogen and oxygen atoms in total. The number of nitrogens with one attached hydrogen (secondary N) is 1. The lowest BCUT2D eigenvalue weighted by Gasteiger charge is -2.24. The molecule has 14 heteroatoms. The number of halogens is 1. The van der Waals surface area contributed by atoms with E-state index in [-0.39, 0.29) is 18.1 Å². The maximum Gasteiger partial charge on any atom is 0.395 e. The van der Waals surface area contributed by atoms with E-state index >= 15 is 4.39 Å². The second-order valence-corrected chi connectivity index (χ2v) is 9.98. The molecule has 6 atom stereocenters. The van der Waals surface area contributed by atoms with Gasteiger partial charge in [0.15, 0.2) is 23.7 Å². The first-order valence-electron chi connectivity index (χ1n) is 11.6. The Hall–Kier alpha value is -3.12. The Bertz CT molecular complexity index is 1280. The molecule has 1 aromatic heterocycles. The molecule has 2 fully saturated rings. The maximum absolute atomic E-state index is 15.4. The summed E-state index contributed by atoms with van der Waals surface area (Å²) in [6.45, 7) is 2.48. The monoisotopic (exact) mass is 539 g/mol. The standard InChI is InChI=1S/C23H27FN3O9P/c1-13(20(30)34-11-14-7-8-14)26-37(32)36-16-6-4-3-5-15(16)33-12-17-19(29)23(2,24)21(35-17)27-10-9-18(28)25-22(27)31/h3-6,9-10,13-14,17,19,21,29H,7-8,11-12H2,1-2H3,(H,25,28,31)/t13-,17+,19+,21+,23+/m0/s1. The molecule has 1 unspecified atom stereocenters. The van der Waals surface area contributed by atoms with Gasteiger partial charge in [-0.25, -0.2) is 14.0 Å². The smallest absolute Gasteiger partial charge is 0.395 e. The first kappa shape index (κ1) is 26.9. The molecule has 4 rings (SSSR count). The van der Waals surface area contributed by atoms with Crippen LogP contribution in [0.5, 0.6) is 11.5 Å². The van der Waals surface area contributed by atoms with Crippen LogP contribution in [0.2, 0.25) is 0 Å². The van der Waals surface area contributed by atoms with E-state index < -0.39 is 55.5 Å². The minimum Gasteiger partial charge on any atom is -0.575 e. The molecule has 1 aliphatic heterocycles. The number of alkyl halides is 1. The van der Waals surface area contributed by atoms with Crippen LogP contribution in [0.25, 0.3) is 0 Å². The van der Waals surface area contributed by atoms with E-state index in [2.05, 4.69) is 4.74 Å². The van der Waals surface area contributed by atoms with Crippen LogP contribution in [0.1, 0.15) is 32.9 Å². The third kappa shape index (κ3) is 6.42. The van der Waals surface area contributed by atoms with Crippen LogP contribution in [0.15, 0.2) is 50.9 Å². The summed E-state index contributed by atoms with van der Waals surface area (Å²) in [4.78, 5) is 49.9. The van der Waals surface area contributed by atoms with Crippen molar-refractivity contribution >= 4 is 14.1 Å². The van der Waals surface area contributed by atoms with Crippen molar-refractivity contribution in [3.8, 4) is 11.5 Å². The van der Waals surface area contributed by atoms with Gasteiger partial charge in [0.05, 0.1) is 6.61 Å². The number of hydrogen-bond acceptors (Lipinski definition) is 10. The third-order valence-electron chi connectivity index (χ3n) is 6.02. The highest BCUT2D eigenvalue weighted by molar-refractivity contribution is 7.34. The van der Waals surface area contributed by atoms with E-state index in [0.29, 0.717) is 12.5 Å². The number of H-pyrrole nitrogens is 1. The Morgan fingerprint density at radius 1 is 1.32 bits per heavy atom. The topological polar surface area (TPSA) is 164 Å². The summed E-state index contributed by atoms with van der Waals surface area (Å²) in [5.41, 5.74) is -3.95. The van der Waals surface area contributed by atoms with Gasteiger partial charge in [0, 0.05) is 12.3 Å². The Morgan fingerprint density at radius 2 is 2.03 bits per heavy atom. The van der Waals surface area contributed by atoms with Crippen LogP contribution < -0.4 is 25.4 Å². The molecule has 1 aliphatic carbocycles. The lowest BCUT2D eigenvalue weighted by atomic mass is 9.98. The molecular weight excluding hydrogens is 512 g/mol. The highest BCUT2D eigenvalue weighted by atomic mass is 31.1. The zero-order chi connectivity index (χ0) is 26.7. The fourth-order valence-electron chi connectivity index (χ4n) is 3.68. The predicted octanol–water partition coefficient (Wildman–Crippen LogP) is 1.18. The SMILES string of the molecule is C[C@H](N=[P+]([O-])Oc1ccccc1OC[C@H]1O[C@@H](n2ccc(=O)[nH]c2=O)[C@](C)(F)[C@@H]1O)C(=O)OCC1CC1. The number of hydrogen-bond donors (Lipinski definition) is 2. The molecule has 1 aromatic carbocycles. The van der Waals surface area contributed by atoms with Gasteiger partial charge in [0.1, 0.15) is 18.8 Å². The minimum absolute atomic E-state index is 0.0369. The number of carbonyl (C=O) groups is 1. The minimum atomic E-state index is -2.66. The molecule has 1 saturated heterocycles. The van der Waals surface area contributed by atoms with Gasteiger partial charge >= 0.3 is 19.8 Å². The van der Waals surface area contributed by atoms with Gasteiger partial charge in [-0.3, -0.25) is 18.9 Å². The number of para-hydroxylation sites is 2. The lowest BCUT2D eigenvalue weighted by molar-refractivity contribution is -0.169. The number of ether oxygens (including phenoxy) is 3. The molecule has 200 valence electrons. The fraction of sp³-hybridized carbons (Fsp3) is 0.522. The van der Waals surface area contributed by atoms with Crippen LogP contribution in [0.4, 0.5) is 4.39 Å². The van der Waals surface area contributed by atoms with E-state index in [9.17, 15) is 24.4 Å². The van der Waals surface area contributed by atoms with Crippen molar-refractivity contribution in [1.29, 1.82) is 0 Å². The van der Waals surface area contributed by atoms with Gasteiger partial charge in [-0.1, -0.05) is 16.9 Å². The summed E-state index contributed by atoms with van der Waals surface area (Å²) < 4.78 is 41.7. The van der Waals surface area contributed by atoms with Gasteiger partial charge in [0.25, 0.3) is 5.56 Å². The maximum atomic E-state index is 15.4. The molecule has 2 aromatic rings. The molecule has 2 aliphatic rings. The second kappa shape index (κ2) is 11.1. The van der Waals surface area contributed by atoms with Crippen molar-refractivity contribution < 1.29 is 37.9 Å². The van der Waals surface area contributed by atoms with Crippen LogP contribution in [-0.2, 0) is 14.3 Å². The highest BCUT2D eigenvalue weighted by Gasteiger charge is 2.55. The molecule has 0 spiro atoms. The van der Waals surface area contributed by atoms with E-state index in [1.54, 1.807) is 12.1 Å². The molecule has 0 bridgehead atoms. The summed E-state index contributed by atoms with van der Waals surface area (Å²) in [5.74, 6) is -0.0715. The molecule has 0 amide bonds. The Morgan fingerprint density at radius 3 is 2.70 bits per heavy atom. The average molecular weight is 539 g/mol. The second-order valence-electron chi connectivity index (χ2n) is 9.09. The van der Waals surface area contributed by atoms with Crippen molar-refractivity contribution in [3.05, 3.63) is 57.4 Å². The fourth-order valence-corrected chi connectivity index (χ4v) is 4.42. The van der Waals surface area contributed by atoms with Crippen LogP contribution in [0.3, 0.4) is 0 Å². The van der Waals surface area contributed by atoms with Crippen LogP contribution >= 0.6 is 8.17 Å². The normalized spacial score (nSPS) is 26.5. The Kier molecular flexibility index (Phi) is 8.08. The van der Waals surface area contributed by atoms with Crippen molar-refractivity contribution in [2.45, 2.75) is 56.8 Å². The first-order chi connectivity index (χ1) is 17.6. The lowest BCUT2D eigenvalue weighted by Crippen LogP contribution is -2.43. The summed E-state index contributed by atoms with van der Waals surface area (Å²) in [6, 6.07) is 6.20. The van der Waals surface area contributed by atoms with E-state index in [4.69, 9.17) is 18.7 Å². The van der Waals surface area contributed by atoms with Gasteiger partial charge in [-0.05, 0) is 44.7 Å². The van der Waals surface area contributed by atoms with E-state index in [1.807, 2.05) is 4.98 Å². The molecule has 2 N–H and O–H groups in total. The zero-order valence-electron chi connectivity index (χ0n) is 20.1. The predicted molar refractivity (Wildman–Crippen MR) is 126 cm³/mol. The summed E-state index contributed by atoms with van der Waals surface area (Å²) in [7, 11) is -2.66. The van der Waals surface area contributed by atoms with Crippen molar-refractivity contribution in [1.82, 2.24) is 9.55 Å². The van der Waals surface area contributed by atoms with Gasteiger partial charge < -0.3 is 24.2 Å². The number of esters is 1. The third-order valence-corrected chi connectivity index (χ3v) is 6.90. The van der Waals surface area contributed by atoms with Crippen molar-refractivity contribution in [2.75, 3.05) is 13.2 Å². The quantitative estimate of drug-likeness (QED) is 0.333. The van der Waals surface area contributed by atoms with Gasteiger partial charge in [-0.2, -0.15) is 0 Å². The number of rotatable bonds is 10. The van der Waals surface area contributed by atoms with Crippen molar-refractivity contribution in [3.63, 3.8) is 0 Å². The van der Waals surface area contributed by atoms with E-state index in [1.165, 1.54) is 19.1 Å². The molecule has 37 heavy (non-hydrogen) atoms. The largest absolute Gasteiger partial charge is 0.575 e. The van der Waals surface area contributed by atoms with Gasteiger partial charge in [-0.15, -0.1) is 0 Å². The number of aromatic nitrogens is 2. The molecule has 1 saturated carbocycles.